The topological polar surface area (TPSA) is 100 Å². The van der Waals surface area contributed by atoms with E-state index in [9.17, 15) is 23.2 Å². The van der Waals surface area contributed by atoms with Crippen LogP contribution in [0, 0.1) is 17.5 Å². The fourth-order valence-corrected chi connectivity index (χ4v) is 3.22. The number of anilines is 1. The second kappa shape index (κ2) is 8.52. The van der Waals surface area contributed by atoms with E-state index in [4.69, 9.17) is 17.3 Å². The van der Waals surface area contributed by atoms with E-state index in [0.717, 1.165) is 12.1 Å². The molecule has 0 unspecified atom stereocenters. The average molecular weight is 425 g/mol. The molecule has 0 aliphatic carbocycles. The average Bonchev–Trinajstić information content (AvgIpc) is 3.10. The van der Waals surface area contributed by atoms with Crippen molar-refractivity contribution in [2.75, 3.05) is 11.9 Å². The van der Waals surface area contributed by atoms with E-state index in [1.165, 1.54) is 12.1 Å². The summed E-state index contributed by atoms with van der Waals surface area (Å²) in [6, 6.07) is 4.90. The van der Waals surface area contributed by atoms with E-state index in [0.29, 0.717) is 17.0 Å². The largest absolute Gasteiger partial charge is 0.411 e. The summed E-state index contributed by atoms with van der Waals surface area (Å²) in [4.78, 5) is 15.0. The molecule has 0 saturated carbocycles. The number of halogens is 4. The summed E-state index contributed by atoms with van der Waals surface area (Å²) in [6.07, 6.45) is 0.131. The first kappa shape index (κ1) is 20.7. The van der Waals surface area contributed by atoms with E-state index in [1.54, 1.807) is 0 Å². The highest BCUT2D eigenvalue weighted by Gasteiger charge is 2.28. The number of carbonyl (C=O) groups excluding carboxylic acids is 1. The van der Waals surface area contributed by atoms with Crippen molar-refractivity contribution in [2.24, 2.45) is 15.9 Å². The lowest BCUT2D eigenvalue weighted by atomic mass is 9.95. The van der Waals surface area contributed by atoms with Gasteiger partial charge in [-0.15, -0.1) is 0 Å². The third-order valence-electron chi connectivity index (χ3n) is 4.39. The van der Waals surface area contributed by atoms with Gasteiger partial charge in [-0.05, 0) is 29.3 Å². The van der Waals surface area contributed by atoms with Crippen LogP contribution in [0.2, 0.25) is 5.02 Å². The number of nitrogens with two attached hydrogens (primary N) is 1. The number of hydrogen-bond donors (Lipinski definition) is 3. The molecule has 1 aliphatic heterocycles. The molecule has 152 valence electrons. The molecule has 2 aromatic carbocycles. The van der Waals surface area contributed by atoms with E-state index in [2.05, 4.69) is 15.5 Å². The molecule has 3 rings (SSSR count). The minimum absolute atomic E-state index is 0.00215. The molecular weight excluding hydrogens is 409 g/mol. The van der Waals surface area contributed by atoms with Crippen LogP contribution in [0.1, 0.15) is 23.1 Å². The number of carbonyl (C=O) groups is 1. The van der Waals surface area contributed by atoms with Crippen LogP contribution >= 0.6 is 11.6 Å². The zero-order valence-corrected chi connectivity index (χ0v) is 15.7. The van der Waals surface area contributed by atoms with Gasteiger partial charge in [-0.25, -0.2) is 13.2 Å². The first-order chi connectivity index (χ1) is 13.8. The van der Waals surface area contributed by atoms with Gasteiger partial charge in [0.05, 0.1) is 16.4 Å². The number of nitrogens with one attached hydrogen (secondary N) is 1. The summed E-state index contributed by atoms with van der Waals surface area (Å²) >= 11 is 5.77. The maximum absolute atomic E-state index is 14.3. The number of rotatable bonds is 6. The maximum Gasteiger partial charge on any atom is 0.219 e. The molecule has 0 radical (unpaired) electrons. The predicted octanol–water partition coefficient (Wildman–Crippen LogP) is 3.42. The number of nitrogens with zero attached hydrogens (tertiary/aromatic N) is 2. The molecule has 10 heteroatoms. The van der Waals surface area contributed by atoms with Crippen LogP contribution in [-0.4, -0.2) is 29.2 Å². The number of fused-ring (bicyclic) bond motifs is 1. The van der Waals surface area contributed by atoms with Gasteiger partial charge >= 0.3 is 0 Å². The van der Waals surface area contributed by atoms with Crippen LogP contribution in [0.3, 0.4) is 0 Å². The van der Waals surface area contributed by atoms with E-state index >= 15 is 0 Å². The van der Waals surface area contributed by atoms with Crippen LogP contribution in [0.25, 0.3) is 0 Å². The van der Waals surface area contributed by atoms with Gasteiger partial charge in [0, 0.05) is 31.4 Å². The summed E-state index contributed by atoms with van der Waals surface area (Å²) in [6.45, 7) is 0.0973. The zero-order valence-electron chi connectivity index (χ0n) is 15.0. The van der Waals surface area contributed by atoms with Crippen molar-refractivity contribution in [3.8, 4) is 0 Å². The monoisotopic (exact) mass is 424 g/mol. The smallest absolute Gasteiger partial charge is 0.219 e. The van der Waals surface area contributed by atoms with Crippen LogP contribution in [0.4, 0.5) is 18.9 Å². The Bertz CT molecular complexity index is 1040. The second-order valence-electron chi connectivity index (χ2n) is 6.39. The van der Waals surface area contributed by atoms with E-state index in [-0.39, 0.29) is 47.8 Å². The van der Waals surface area contributed by atoms with Crippen LogP contribution in [0.5, 0.6) is 0 Å². The first-order valence-corrected chi connectivity index (χ1v) is 8.92. The minimum atomic E-state index is -1.14. The Morgan fingerprint density at radius 2 is 2.00 bits per heavy atom. The number of amidine groups is 1. The molecule has 1 amide bonds. The molecule has 0 saturated heterocycles. The van der Waals surface area contributed by atoms with Gasteiger partial charge in [0.1, 0.15) is 11.7 Å². The molecule has 2 aromatic rings. The van der Waals surface area contributed by atoms with E-state index < -0.39 is 23.4 Å². The normalized spacial score (nSPS) is 14.8. The first-order valence-electron chi connectivity index (χ1n) is 8.55. The van der Waals surface area contributed by atoms with Crippen LogP contribution < -0.4 is 11.1 Å². The number of oxime groups is 1. The molecule has 6 nitrogen and oxygen atoms in total. The number of benzene rings is 2. The molecule has 1 heterocycles. The standard InChI is InChI=1S/C19H16ClF3N4O2/c20-12-5-9(1-2-13(12)21)6-15(27-29)10-7-14(22)18(23)19-11(10)8-17(26-19)25-4-3-16(24)28/h1-2,5,7,29H,3-4,6,8H2,(H2,24,28)(H,25,26)/b27-15+. The van der Waals surface area contributed by atoms with Gasteiger partial charge in [-0.1, -0.05) is 22.8 Å². The molecule has 4 N–H and O–H groups in total. The summed E-state index contributed by atoms with van der Waals surface area (Å²) in [5, 5.41) is 15.3. The lowest BCUT2D eigenvalue weighted by Gasteiger charge is -2.11. The maximum atomic E-state index is 14.3. The Balaban J connectivity index is 1.94. The Morgan fingerprint density at radius 3 is 2.66 bits per heavy atom. The number of amides is 1. The van der Waals surface area contributed by atoms with E-state index in [1.807, 2.05) is 0 Å². The number of hydrogen-bond acceptors (Lipinski definition) is 4. The van der Waals surface area contributed by atoms with Gasteiger partial charge in [-0.2, -0.15) is 0 Å². The molecule has 29 heavy (non-hydrogen) atoms. The predicted molar refractivity (Wildman–Crippen MR) is 103 cm³/mol. The van der Waals surface area contributed by atoms with Crippen LogP contribution in [0.15, 0.2) is 34.4 Å². The van der Waals surface area contributed by atoms with Gasteiger partial charge in [0.15, 0.2) is 11.6 Å². The Morgan fingerprint density at radius 1 is 1.24 bits per heavy atom. The lowest BCUT2D eigenvalue weighted by molar-refractivity contribution is -0.117. The highest BCUT2D eigenvalue weighted by molar-refractivity contribution is 6.30. The zero-order chi connectivity index (χ0) is 21.1. The van der Waals surface area contributed by atoms with Crippen molar-refractivity contribution in [1.29, 1.82) is 0 Å². The van der Waals surface area contributed by atoms with Crippen molar-refractivity contribution in [3.05, 3.63) is 63.4 Å². The van der Waals surface area contributed by atoms with Crippen molar-refractivity contribution in [2.45, 2.75) is 19.3 Å². The molecule has 0 spiro atoms. The molecular formula is C19H16ClF3N4O2. The Hall–Kier alpha value is -3.07. The quantitative estimate of drug-likeness (QED) is 0.376. The third kappa shape index (κ3) is 4.51. The van der Waals surface area contributed by atoms with Gasteiger partial charge in [0.25, 0.3) is 0 Å². The highest BCUT2D eigenvalue weighted by atomic mass is 35.5. The summed E-state index contributed by atoms with van der Waals surface area (Å²) in [5.41, 5.74) is 6.04. The van der Waals surface area contributed by atoms with Crippen LogP contribution in [-0.2, 0) is 17.6 Å². The van der Waals surface area contributed by atoms with Gasteiger partial charge in [-0.3, -0.25) is 9.79 Å². The fraction of sp³-hybridized carbons (Fsp3) is 0.211. The SMILES string of the molecule is NC(=O)CCN=C1Cc2c(/C(Cc3ccc(F)c(Cl)c3)=N/O)cc(F)c(F)c2N1. The highest BCUT2D eigenvalue weighted by Crippen LogP contribution is 2.33. The van der Waals surface area contributed by atoms with Crippen molar-refractivity contribution in [1.82, 2.24) is 0 Å². The summed E-state index contributed by atoms with van der Waals surface area (Å²) in [7, 11) is 0. The third-order valence-corrected chi connectivity index (χ3v) is 4.68. The second-order valence-corrected chi connectivity index (χ2v) is 6.80. The van der Waals surface area contributed by atoms with Crippen molar-refractivity contribution < 1.29 is 23.2 Å². The molecule has 0 atom stereocenters. The number of aliphatic imine (C=N–C) groups is 1. The summed E-state index contributed by atoms with van der Waals surface area (Å²) < 4.78 is 41.8. The Labute approximate surface area is 168 Å². The number of primary amides is 1. The summed E-state index contributed by atoms with van der Waals surface area (Å²) in [5.74, 6) is -3.04. The van der Waals surface area contributed by atoms with Gasteiger partial charge < -0.3 is 16.3 Å². The minimum Gasteiger partial charge on any atom is -0.411 e. The van der Waals surface area contributed by atoms with Crippen molar-refractivity contribution >= 4 is 34.7 Å². The fourth-order valence-electron chi connectivity index (χ4n) is 3.01. The van der Waals surface area contributed by atoms with Gasteiger partial charge in [0.2, 0.25) is 5.91 Å². The lowest BCUT2D eigenvalue weighted by Crippen LogP contribution is -2.14. The Kier molecular flexibility index (Phi) is 6.07. The molecule has 0 aromatic heterocycles. The molecule has 0 bridgehead atoms. The molecule has 1 aliphatic rings. The van der Waals surface area contributed by atoms with Crippen molar-refractivity contribution in [3.63, 3.8) is 0 Å². The molecule has 0 fully saturated rings.